The number of nitrogens with one attached hydrogen (secondary N) is 1. The number of imidazole rings is 1. The lowest BCUT2D eigenvalue weighted by Crippen LogP contribution is -2.36. The molecule has 1 aromatic heterocycles. The van der Waals surface area contributed by atoms with Crippen molar-refractivity contribution in [3.8, 4) is 0 Å². The van der Waals surface area contributed by atoms with Gasteiger partial charge in [0.1, 0.15) is 0 Å². The molecular formula is C16H29N3. The first kappa shape index (κ1) is 14.6. The van der Waals surface area contributed by atoms with Gasteiger partial charge in [0.2, 0.25) is 0 Å². The van der Waals surface area contributed by atoms with Gasteiger partial charge in [0.15, 0.2) is 0 Å². The second-order valence-electron chi connectivity index (χ2n) is 6.78. The van der Waals surface area contributed by atoms with E-state index < -0.39 is 0 Å². The van der Waals surface area contributed by atoms with Crippen molar-refractivity contribution in [1.29, 1.82) is 0 Å². The van der Waals surface area contributed by atoms with Crippen molar-refractivity contribution in [2.24, 2.45) is 0 Å². The minimum absolute atomic E-state index is 0.253. The normalized spacial score (nSPS) is 15.5. The zero-order valence-electron chi connectivity index (χ0n) is 12.8. The minimum Gasteiger partial charge on any atom is -0.334 e. The summed E-state index contributed by atoms with van der Waals surface area (Å²) in [6.45, 7) is 8.96. The van der Waals surface area contributed by atoms with Crippen LogP contribution in [0.5, 0.6) is 0 Å². The predicted octanol–water partition coefficient (Wildman–Crippen LogP) is 3.32. The Hall–Kier alpha value is -0.830. The van der Waals surface area contributed by atoms with Gasteiger partial charge in [0.05, 0.1) is 12.0 Å². The third-order valence-electron chi connectivity index (χ3n) is 3.84. The van der Waals surface area contributed by atoms with Gasteiger partial charge in [-0.15, -0.1) is 0 Å². The van der Waals surface area contributed by atoms with Gasteiger partial charge in [-0.05, 0) is 65.8 Å². The summed E-state index contributed by atoms with van der Waals surface area (Å²) >= 11 is 0. The van der Waals surface area contributed by atoms with E-state index in [2.05, 4.69) is 42.0 Å². The summed E-state index contributed by atoms with van der Waals surface area (Å²) in [6, 6.07) is 0. The third-order valence-corrected chi connectivity index (χ3v) is 3.84. The largest absolute Gasteiger partial charge is 0.334 e. The van der Waals surface area contributed by atoms with Crippen LogP contribution in [0.3, 0.4) is 0 Å². The van der Waals surface area contributed by atoms with Gasteiger partial charge in [0.25, 0.3) is 0 Å². The highest BCUT2D eigenvalue weighted by atomic mass is 15.1. The summed E-state index contributed by atoms with van der Waals surface area (Å²) in [4.78, 5) is 4.55. The summed E-state index contributed by atoms with van der Waals surface area (Å²) in [5.41, 5.74) is 3.13. The molecule has 0 aliphatic heterocycles. The minimum atomic E-state index is 0.253. The van der Waals surface area contributed by atoms with Crippen molar-refractivity contribution < 1.29 is 0 Å². The molecule has 0 saturated heterocycles. The van der Waals surface area contributed by atoms with E-state index in [-0.39, 0.29) is 5.54 Å². The second kappa shape index (κ2) is 6.56. The zero-order valence-corrected chi connectivity index (χ0v) is 12.8. The summed E-state index contributed by atoms with van der Waals surface area (Å²) in [5.74, 6) is 0. The molecular weight excluding hydrogens is 234 g/mol. The predicted molar refractivity (Wildman–Crippen MR) is 80.5 cm³/mol. The fourth-order valence-corrected chi connectivity index (χ4v) is 2.77. The number of hydrogen-bond donors (Lipinski definition) is 1. The Labute approximate surface area is 117 Å². The Bertz CT molecular complexity index is 387. The maximum absolute atomic E-state index is 4.55. The van der Waals surface area contributed by atoms with Crippen molar-refractivity contribution in [3.05, 3.63) is 17.7 Å². The molecule has 19 heavy (non-hydrogen) atoms. The first-order valence-electron chi connectivity index (χ1n) is 7.84. The van der Waals surface area contributed by atoms with Crippen LogP contribution in [0.2, 0.25) is 0 Å². The lowest BCUT2D eigenvalue weighted by atomic mass is 10.0. The molecule has 1 N–H and O–H groups in total. The van der Waals surface area contributed by atoms with Gasteiger partial charge in [-0.1, -0.05) is 6.42 Å². The molecule has 0 spiro atoms. The van der Waals surface area contributed by atoms with Gasteiger partial charge in [0, 0.05) is 17.8 Å². The number of aromatic nitrogens is 2. The lowest BCUT2D eigenvalue weighted by Gasteiger charge is -2.20. The third kappa shape index (κ3) is 4.64. The van der Waals surface area contributed by atoms with E-state index in [0.29, 0.717) is 0 Å². The fraction of sp³-hybridized carbons (Fsp3) is 0.812. The topological polar surface area (TPSA) is 29.9 Å². The molecule has 3 nitrogen and oxygen atoms in total. The van der Waals surface area contributed by atoms with Crippen LogP contribution in [0.4, 0.5) is 0 Å². The fourth-order valence-electron chi connectivity index (χ4n) is 2.77. The number of fused-ring (bicyclic) bond motifs is 1. The maximum Gasteiger partial charge on any atom is 0.0951 e. The van der Waals surface area contributed by atoms with Crippen molar-refractivity contribution in [3.63, 3.8) is 0 Å². The van der Waals surface area contributed by atoms with Crippen molar-refractivity contribution in [1.82, 2.24) is 14.9 Å². The van der Waals surface area contributed by atoms with Crippen LogP contribution in [0.1, 0.15) is 64.3 Å². The quantitative estimate of drug-likeness (QED) is 0.798. The van der Waals surface area contributed by atoms with Crippen LogP contribution in [0.25, 0.3) is 0 Å². The Morgan fingerprint density at radius 1 is 1.16 bits per heavy atom. The van der Waals surface area contributed by atoms with Crippen LogP contribution in [-0.2, 0) is 19.4 Å². The Kier molecular flexibility index (Phi) is 5.03. The SMILES string of the molecule is CC(C)(C)NCCCCCn1cnc2c1CCCC2. The smallest absolute Gasteiger partial charge is 0.0951 e. The number of hydrogen-bond acceptors (Lipinski definition) is 2. The van der Waals surface area contributed by atoms with Crippen molar-refractivity contribution in [2.75, 3.05) is 6.54 Å². The second-order valence-corrected chi connectivity index (χ2v) is 6.78. The highest BCUT2D eigenvalue weighted by Crippen LogP contribution is 2.20. The molecule has 2 rings (SSSR count). The van der Waals surface area contributed by atoms with Crippen LogP contribution in [-0.4, -0.2) is 21.6 Å². The van der Waals surface area contributed by atoms with E-state index in [4.69, 9.17) is 0 Å². The molecule has 1 aliphatic rings. The van der Waals surface area contributed by atoms with Crippen LogP contribution in [0.15, 0.2) is 6.33 Å². The molecule has 0 bridgehead atoms. The monoisotopic (exact) mass is 263 g/mol. The molecule has 0 unspecified atom stereocenters. The van der Waals surface area contributed by atoms with E-state index in [9.17, 15) is 0 Å². The number of unbranched alkanes of at least 4 members (excludes halogenated alkanes) is 2. The van der Waals surface area contributed by atoms with E-state index in [1.54, 1.807) is 0 Å². The zero-order chi connectivity index (χ0) is 13.7. The first-order chi connectivity index (χ1) is 9.06. The molecule has 1 aliphatic carbocycles. The first-order valence-corrected chi connectivity index (χ1v) is 7.84. The molecule has 0 atom stereocenters. The molecule has 1 heterocycles. The maximum atomic E-state index is 4.55. The molecule has 108 valence electrons. The number of nitrogens with zero attached hydrogens (tertiary/aromatic N) is 2. The summed E-state index contributed by atoms with van der Waals surface area (Å²) in [7, 11) is 0. The number of rotatable bonds is 6. The molecule has 0 fully saturated rings. The van der Waals surface area contributed by atoms with E-state index in [0.717, 1.165) is 13.1 Å². The standard InChI is InChI=1S/C16H29N3/c1-16(2,3)18-11-7-4-8-12-19-13-17-14-9-5-6-10-15(14)19/h13,18H,4-12H2,1-3H3. The Morgan fingerprint density at radius 3 is 2.74 bits per heavy atom. The van der Waals surface area contributed by atoms with Gasteiger partial charge in [-0.2, -0.15) is 0 Å². The molecule has 0 saturated carbocycles. The van der Waals surface area contributed by atoms with Crippen molar-refractivity contribution >= 4 is 0 Å². The van der Waals surface area contributed by atoms with Crippen molar-refractivity contribution in [2.45, 2.75) is 77.8 Å². The van der Waals surface area contributed by atoms with Gasteiger partial charge >= 0.3 is 0 Å². The van der Waals surface area contributed by atoms with Crippen LogP contribution in [0, 0.1) is 0 Å². The van der Waals surface area contributed by atoms with Crippen LogP contribution < -0.4 is 5.32 Å². The average molecular weight is 263 g/mol. The molecule has 3 heteroatoms. The highest BCUT2D eigenvalue weighted by molar-refractivity contribution is 5.16. The molecule has 0 amide bonds. The van der Waals surface area contributed by atoms with Crippen LogP contribution >= 0.6 is 0 Å². The van der Waals surface area contributed by atoms with E-state index in [1.807, 2.05) is 0 Å². The molecule has 0 aromatic carbocycles. The van der Waals surface area contributed by atoms with Gasteiger partial charge < -0.3 is 9.88 Å². The average Bonchev–Trinajstić information content (AvgIpc) is 2.76. The molecule has 1 aromatic rings. The highest BCUT2D eigenvalue weighted by Gasteiger charge is 2.14. The summed E-state index contributed by atoms with van der Waals surface area (Å²) in [6.07, 6.45) is 11.0. The Balaban J connectivity index is 1.65. The number of aryl methyl sites for hydroxylation is 2. The lowest BCUT2D eigenvalue weighted by molar-refractivity contribution is 0.414. The Morgan fingerprint density at radius 2 is 1.95 bits per heavy atom. The summed E-state index contributed by atoms with van der Waals surface area (Å²) < 4.78 is 2.39. The van der Waals surface area contributed by atoms with E-state index in [1.165, 1.54) is 56.3 Å². The van der Waals surface area contributed by atoms with Gasteiger partial charge in [-0.3, -0.25) is 0 Å². The summed E-state index contributed by atoms with van der Waals surface area (Å²) in [5, 5.41) is 3.55. The molecule has 0 radical (unpaired) electrons. The van der Waals surface area contributed by atoms with Gasteiger partial charge in [-0.25, -0.2) is 4.98 Å². The van der Waals surface area contributed by atoms with E-state index >= 15 is 0 Å².